The lowest BCUT2D eigenvalue weighted by atomic mass is 10.0. The van der Waals surface area contributed by atoms with Crippen LogP contribution in [0.15, 0.2) is 43.0 Å². The fourth-order valence-electron chi connectivity index (χ4n) is 2.69. The molecule has 4 heterocycles. The third-order valence-corrected chi connectivity index (χ3v) is 3.77. The second-order valence-electron chi connectivity index (χ2n) is 5.08. The lowest BCUT2D eigenvalue weighted by Gasteiger charge is -2.14. The molecule has 0 fully saturated rings. The fourth-order valence-corrected chi connectivity index (χ4v) is 2.69. The average Bonchev–Trinajstić information content (AvgIpc) is 3.00. The van der Waals surface area contributed by atoms with Crippen molar-refractivity contribution >= 4 is 29.0 Å². The topological polar surface area (TPSA) is 66.5 Å². The van der Waals surface area contributed by atoms with Gasteiger partial charge in [-0.3, -0.25) is 0 Å². The molecule has 0 aromatic carbocycles. The zero-order valence-corrected chi connectivity index (χ0v) is 12.7. The molecule has 3 aromatic rings. The molecule has 0 amide bonds. The summed E-state index contributed by atoms with van der Waals surface area (Å²) in [6.07, 6.45) is 8.56. The van der Waals surface area contributed by atoms with Gasteiger partial charge in [-0.2, -0.15) is 0 Å². The number of hydrogen-bond acceptors (Lipinski definition) is 4. The van der Waals surface area contributed by atoms with Crippen LogP contribution in [0.3, 0.4) is 0 Å². The number of aromatic amines is 1. The Morgan fingerprint density at radius 1 is 1.14 bits per heavy atom. The normalized spacial score (nSPS) is 14.5. The van der Waals surface area contributed by atoms with E-state index in [0.29, 0.717) is 0 Å². The number of hydrogen-bond donors (Lipinski definition) is 2. The molecule has 0 atom stereocenters. The number of halogens is 1. The van der Waals surface area contributed by atoms with E-state index in [1.165, 1.54) is 5.57 Å². The number of pyridine rings is 1. The minimum absolute atomic E-state index is 0. The van der Waals surface area contributed by atoms with Gasteiger partial charge in [-0.05, 0) is 30.7 Å². The van der Waals surface area contributed by atoms with E-state index in [1.54, 1.807) is 6.33 Å². The Kier molecular flexibility index (Phi) is 4.18. The molecule has 0 spiro atoms. The first-order chi connectivity index (χ1) is 10.4. The molecule has 112 valence electrons. The summed E-state index contributed by atoms with van der Waals surface area (Å²) in [6.45, 7) is 1.93. The summed E-state index contributed by atoms with van der Waals surface area (Å²) >= 11 is 0. The summed E-state index contributed by atoms with van der Waals surface area (Å²) in [5, 5.41) is 4.33. The first kappa shape index (κ1) is 14.7. The minimum atomic E-state index is 0. The van der Waals surface area contributed by atoms with E-state index >= 15 is 0 Å². The smallest absolute Gasteiger partial charge is 0.141 e. The van der Waals surface area contributed by atoms with Crippen molar-refractivity contribution in [2.24, 2.45) is 0 Å². The third kappa shape index (κ3) is 2.61. The third-order valence-electron chi connectivity index (χ3n) is 3.77. The molecular formula is C16H16ClN5. The largest absolute Gasteiger partial charge is 0.345 e. The van der Waals surface area contributed by atoms with Gasteiger partial charge < -0.3 is 10.3 Å². The van der Waals surface area contributed by atoms with Gasteiger partial charge in [0.15, 0.2) is 0 Å². The number of nitrogens with zero attached hydrogens (tertiary/aromatic N) is 3. The Morgan fingerprint density at radius 3 is 2.91 bits per heavy atom. The van der Waals surface area contributed by atoms with E-state index in [2.05, 4.69) is 38.5 Å². The molecule has 3 aromatic heterocycles. The Hall–Kier alpha value is -2.24. The van der Waals surface area contributed by atoms with Crippen LogP contribution in [-0.2, 0) is 0 Å². The van der Waals surface area contributed by atoms with Crippen LogP contribution in [0.5, 0.6) is 0 Å². The minimum Gasteiger partial charge on any atom is -0.345 e. The van der Waals surface area contributed by atoms with Gasteiger partial charge in [0, 0.05) is 29.9 Å². The molecule has 0 aliphatic carbocycles. The Labute approximate surface area is 134 Å². The van der Waals surface area contributed by atoms with E-state index in [0.717, 1.165) is 47.5 Å². The van der Waals surface area contributed by atoms with Crippen LogP contribution in [0, 0.1) is 0 Å². The SMILES string of the molecule is C1=C(c2cccc(-c3c[nH]c4ncncc34)n2)CCNC1.Cl. The first-order valence-corrected chi connectivity index (χ1v) is 7.06. The maximum Gasteiger partial charge on any atom is 0.141 e. The van der Waals surface area contributed by atoms with Crippen molar-refractivity contribution in [1.29, 1.82) is 0 Å². The van der Waals surface area contributed by atoms with Crippen molar-refractivity contribution in [3.05, 3.63) is 48.7 Å². The summed E-state index contributed by atoms with van der Waals surface area (Å²) in [6, 6.07) is 6.16. The maximum absolute atomic E-state index is 4.82. The lowest BCUT2D eigenvalue weighted by Crippen LogP contribution is -2.20. The standard InChI is InChI=1S/C16H15N5.ClH/c1-2-14(11-4-6-17-7-5-11)21-15(3-1)12-9-19-16-13(12)8-18-10-20-16;/h1-4,8-10,17H,5-7H2,(H,18,19,20);1H. The number of aromatic nitrogens is 4. The first-order valence-electron chi connectivity index (χ1n) is 7.06. The zero-order chi connectivity index (χ0) is 14.1. The molecule has 1 aliphatic heterocycles. The van der Waals surface area contributed by atoms with Crippen LogP contribution >= 0.6 is 12.4 Å². The van der Waals surface area contributed by atoms with E-state index in [4.69, 9.17) is 4.98 Å². The predicted octanol–water partition coefficient (Wildman–Crippen LogP) is 2.82. The molecule has 0 radical (unpaired) electrons. The lowest BCUT2D eigenvalue weighted by molar-refractivity contribution is 0.737. The highest BCUT2D eigenvalue weighted by atomic mass is 35.5. The molecule has 22 heavy (non-hydrogen) atoms. The molecular weight excluding hydrogens is 298 g/mol. The van der Waals surface area contributed by atoms with Crippen molar-refractivity contribution in [1.82, 2.24) is 25.3 Å². The molecule has 0 bridgehead atoms. The van der Waals surface area contributed by atoms with Gasteiger partial charge in [-0.25, -0.2) is 15.0 Å². The molecule has 0 saturated heterocycles. The molecule has 1 aliphatic rings. The van der Waals surface area contributed by atoms with Gasteiger partial charge in [0.05, 0.1) is 11.4 Å². The van der Waals surface area contributed by atoms with Crippen molar-refractivity contribution in [3.8, 4) is 11.3 Å². The molecule has 2 N–H and O–H groups in total. The number of rotatable bonds is 2. The Bertz CT molecular complexity index is 824. The van der Waals surface area contributed by atoms with Crippen LogP contribution in [0.4, 0.5) is 0 Å². The second-order valence-corrected chi connectivity index (χ2v) is 5.08. The average molecular weight is 314 g/mol. The highest BCUT2D eigenvalue weighted by Gasteiger charge is 2.11. The van der Waals surface area contributed by atoms with Gasteiger partial charge in [-0.1, -0.05) is 12.1 Å². The van der Waals surface area contributed by atoms with Crippen LogP contribution in [0.2, 0.25) is 0 Å². The summed E-state index contributed by atoms with van der Waals surface area (Å²) in [5.41, 5.74) is 5.20. The van der Waals surface area contributed by atoms with Gasteiger partial charge in [0.1, 0.15) is 12.0 Å². The van der Waals surface area contributed by atoms with Gasteiger partial charge >= 0.3 is 0 Å². The molecule has 5 nitrogen and oxygen atoms in total. The Morgan fingerprint density at radius 2 is 2.05 bits per heavy atom. The quantitative estimate of drug-likeness (QED) is 0.763. The number of fused-ring (bicyclic) bond motifs is 1. The van der Waals surface area contributed by atoms with Gasteiger partial charge in [0.25, 0.3) is 0 Å². The zero-order valence-electron chi connectivity index (χ0n) is 11.9. The monoisotopic (exact) mass is 313 g/mol. The van der Waals surface area contributed by atoms with Crippen LogP contribution in [0.25, 0.3) is 27.9 Å². The maximum atomic E-state index is 4.82. The molecule has 6 heteroatoms. The van der Waals surface area contributed by atoms with E-state index in [-0.39, 0.29) is 12.4 Å². The molecule has 0 unspecified atom stereocenters. The van der Waals surface area contributed by atoms with Crippen LogP contribution < -0.4 is 5.32 Å². The Balaban J connectivity index is 0.00000144. The van der Waals surface area contributed by atoms with E-state index < -0.39 is 0 Å². The van der Waals surface area contributed by atoms with Crippen molar-refractivity contribution in [2.45, 2.75) is 6.42 Å². The van der Waals surface area contributed by atoms with Crippen molar-refractivity contribution in [2.75, 3.05) is 13.1 Å². The summed E-state index contributed by atoms with van der Waals surface area (Å²) in [4.78, 5) is 16.3. The molecule has 4 rings (SSSR count). The van der Waals surface area contributed by atoms with Crippen molar-refractivity contribution in [3.63, 3.8) is 0 Å². The summed E-state index contributed by atoms with van der Waals surface area (Å²) in [7, 11) is 0. The van der Waals surface area contributed by atoms with E-state index in [1.807, 2.05) is 18.5 Å². The van der Waals surface area contributed by atoms with Crippen molar-refractivity contribution < 1.29 is 0 Å². The van der Waals surface area contributed by atoms with Gasteiger partial charge in [0.2, 0.25) is 0 Å². The summed E-state index contributed by atoms with van der Waals surface area (Å²) in [5.74, 6) is 0. The van der Waals surface area contributed by atoms with Crippen LogP contribution in [0.1, 0.15) is 12.1 Å². The predicted molar refractivity (Wildman–Crippen MR) is 89.8 cm³/mol. The molecule has 0 saturated carbocycles. The summed E-state index contributed by atoms with van der Waals surface area (Å²) < 4.78 is 0. The highest BCUT2D eigenvalue weighted by Crippen LogP contribution is 2.27. The van der Waals surface area contributed by atoms with E-state index in [9.17, 15) is 0 Å². The highest BCUT2D eigenvalue weighted by molar-refractivity contribution is 5.92. The number of H-pyrrole nitrogens is 1. The second kappa shape index (κ2) is 6.25. The van der Waals surface area contributed by atoms with Gasteiger partial charge in [-0.15, -0.1) is 12.4 Å². The fraction of sp³-hybridized carbons (Fsp3) is 0.188. The van der Waals surface area contributed by atoms with Crippen LogP contribution in [-0.4, -0.2) is 33.0 Å². The number of nitrogens with one attached hydrogen (secondary N) is 2.